The standard InChI is InChI=1S/C18H27N3O2/c1-2-3-7-17(22)21-11-8-18(9-12-21)13-15(14-23-18)20-16-6-4-5-10-19-16/h4-6,10,15H,2-3,7-9,11-14H2,1H3,(H,19,20)/t15-/m1/s1. The minimum atomic E-state index is -0.0476. The molecule has 1 aromatic heterocycles. The van der Waals surface area contributed by atoms with Gasteiger partial charge < -0.3 is 15.0 Å². The maximum Gasteiger partial charge on any atom is 0.222 e. The third-order valence-corrected chi connectivity index (χ3v) is 5.00. The molecule has 3 heterocycles. The second kappa shape index (κ2) is 7.30. The number of carbonyl (C=O) groups excluding carboxylic acids is 1. The van der Waals surface area contributed by atoms with Gasteiger partial charge in [0.1, 0.15) is 5.82 Å². The smallest absolute Gasteiger partial charge is 0.222 e. The fraction of sp³-hybridized carbons (Fsp3) is 0.667. The molecule has 0 unspecified atom stereocenters. The Morgan fingerprint density at radius 2 is 2.26 bits per heavy atom. The van der Waals surface area contributed by atoms with Crippen molar-refractivity contribution in [2.75, 3.05) is 25.0 Å². The van der Waals surface area contributed by atoms with Gasteiger partial charge in [-0.25, -0.2) is 4.98 Å². The van der Waals surface area contributed by atoms with Gasteiger partial charge in [0.2, 0.25) is 5.91 Å². The number of hydrogen-bond donors (Lipinski definition) is 1. The first kappa shape index (κ1) is 16.2. The molecule has 0 aliphatic carbocycles. The Bertz CT molecular complexity index is 512. The molecule has 1 aromatic rings. The van der Waals surface area contributed by atoms with Gasteiger partial charge in [0.15, 0.2) is 0 Å². The van der Waals surface area contributed by atoms with E-state index in [-0.39, 0.29) is 5.60 Å². The third kappa shape index (κ3) is 4.02. The number of rotatable bonds is 5. The molecule has 0 bridgehead atoms. The summed E-state index contributed by atoms with van der Waals surface area (Å²) in [5.74, 6) is 1.22. The Hall–Kier alpha value is -1.62. The second-order valence-corrected chi connectivity index (χ2v) is 6.74. The average molecular weight is 317 g/mol. The van der Waals surface area contributed by atoms with Gasteiger partial charge >= 0.3 is 0 Å². The first-order valence-corrected chi connectivity index (χ1v) is 8.80. The van der Waals surface area contributed by atoms with E-state index in [1.807, 2.05) is 23.1 Å². The molecule has 2 aliphatic rings. The molecule has 126 valence electrons. The molecule has 0 aromatic carbocycles. The van der Waals surface area contributed by atoms with E-state index < -0.39 is 0 Å². The molecule has 1 atom stereocenters. The van der Waals surface area contributed by atoms with E-state index in [0.29, 0.717) is 18.4 Å². The minimum absolute atomic E-state index is 0.0476. The first-order chi connectivity index (χ1) is 11.2. The highest BCUT2D eigenvalue weighted by Crippen LogP contribution is 2.36. The van der Waals surface area contributed by atoms with E-state index in [1.54, 1.807) is 6.20 Å². The van der Waals surface area contributed by atoms with Crippen LogP contribution in [0.5, 0.6) is 0 Å². The Morgan fingerprint density at radius 3 is 2.96 bits per heavy atom. The molecule has 0 saturated carbocycles. The predicted molar refractivity (Wildman–Crippen MR) is 90.3 cm³/mol. The van der Waals surface area contributed by atoms with Crippen molar-refractivity contribution >= 4 is 11.7 Å². The van der Waals surface area contributed by atoms with Crippen LogP contribution in [0.4, 0.5) is 5.82 Å². The highest BCUT2D eigenvalue weighted by atomic mass is 16.5. The lowest BCUT2D eigenvalue weighted by atomic mass is 9.87. The van der Waals surface area contributed by atoms with Crippen molar-refractivity contribution < 1.29 is 9.53 Å². The quantitative estimate of drug-likeness (QED) is 0.907. The first-order valence-electron chi connectivity index (χ1n) is 8.80. The summed E-state index contributed by atoms with van der Waals surface area (Å²) in [7, 11) is 0. The van der Waals surface area contributed by atoms with Crippen LogP contribution in [-0.4, -0.2) is 47.1 Å². The van der Waals surface area contributed by atoms with Crippen molar-refractivity contribution in [3.05, 3.63) is 24.4 Å². The van der Waals surface area contributed by atoms with E-state index >= 15 is 0 Å². The Balaban J connectivity index is 1.48. The minimum Gasteiger partial charge on any atom is -0.373 e. The number of pyridine rings is 1. The Morgan fingerprint density at radius 1 is 1.43 bits per heavy atom. The molecule has 1 N–H and O–H groups in total. The van der Waals surface area contributed by atoms with Gasteiger partial charge in [-0.3, -0.25) is 4.79 Å². The number of nitrogens with zero attached hydrogens (tertiary/aromatic N) is 2. The number of ether oxygens (including phenoxy) is 1. The lowest BCUT2D eigenvalue weighted by molar-refractivity contribution is -0.136. The van der Waals surface area contributed by atoms with Gasteiger partial charge in [0, 0.05) is 25.7 Å². The molecule has 2 fully saturated rings. The fourth-order valence-corrected chi connectivity index (χ4v) is 3.59. The van der Waals surface area contributed by atoms with Gasteiger partial charge in [0.25, 0.3) is 0 Å². The monoisotopic (exact) mass is 317 g/mol. The van der Waals surface area contributed by atoms with Crippen molar-refractivity contribution in [3.63, 3.8) is 0 Å². The summed E-state index contributed by atoms with van der Waals surface area (Å²) in [5, 5.41) is 3.46. The number of anilines is 1. The SMILES string of the molecule is CCCCC(=O)N1CCC2(CC1)C[C@@H](Nc1ccccn1)CO2. The van der Waals surface area contributed by atoms with Crippen LogP contribution in [0.1, 0.15) is 45.4 Å². The number of unbranched alkanes of at least 4 members (excludes halogenated alkanes) is 1. The van der Waals surface area contributed by atoms with Crippen LogP contribution >= 0.6 is 0 Å². The Labute approximate surface area is 138 Å². The van der Waals surface area contributed by atoms with Crippen molar-refractivity contribution in [2.24, 2.45) is 0 Å². The zero-order valence-corrected chi connectivity index (χ0v) is 14.0. The van der Waals surface area contributed by atoms with Crippen molar-refractivity contribution in [1.29, 1.82) is 0 Å². The fourth-order valence-electron chi connectivity index (χ4n) is 3.59. The van der Waals surface area contributed by atoms with Crippen LogP contribution in [0.25, 0.3) is 0 Å². The summed E-state index contributed by atoms with van der Waals surface area (Å²) >= 11 is 0. The lowest BCUT2D eigenvalue weighted by Crippen LogP contribution is -2.46. The van der Waals surface area contributed by atoms with Crippen LogP contribution < -0.4 is 5.32 Å². The zero-order valence-electron chi connectivity index (χ0n) is 14.0. The molecule has 2 saturated heterocycles. The van der Waals surface area contributed by atoms with Crippen molar-refractivity contribution in [1.82, 2.24) is 9.88 Å². The van der Waals surface area contributed by atoms with E-state index in [4.69, 9.17) is 4.74 Å². The van der Waals surface area contributed by atoms with E-state index in [0.717, 1.165) is 57.6 Å². The molecular formula is C18H27N3O2. The summed E-state index contributed by atoms with van der Waals surface area (Å²) in [4.78, 5) is 18.5. The van der Waals surface area contributed by atoms with E-state index in [2.05, 4.69) is 17.2 Å². The number of amides is 1. The molecular weight excluding hydrogens is 290 g/mol. The molecule has 0 radical (unpaired) electrons. The number of nitrogens with one attached hydrogen (secondary N) is 1. The number of carbonyl (C=O) groups is 1. The Kier molecular flexibility index (Phi) is 5.16. The summed E-state index contributed by atoms with van der Waals surface area (Å²) in [6, 6.07) is 6.21. The number of aromatic nitrogens is 1. The maximum absolute atomic E-state index is 12.1. The van der Waals surface area contributed by atoms with Crippen LogP contribution in [0, 0.1) is 0 Å². The largest absolute Gasteiger partial charge is 0.373 e. The molecule has 1 spiro atoms. The van der Waals surface area contributed by atoms with Gasteiger partial charge in [-0.15, -0.1) is 0 Å². The third-order valence-electron chi connectivity index (χ3n) is 5.00. The molecule has 5 heteroatoms. The molecule has 1 amide bonds. The van der Waals surface area contributed by atoms with Crippen LogP contribution in [0.15, 0.2) is 24.4 Å². The van der Waals surface area contributed by atoms with E-state index in [1.165, 1.54) is 0 Å². The van der Waals surface area contributed by atoms with Gasteiger partial charge in [-0.05, 0) is 37.8 Å². The van der Waals surface area contributed by atoms with Crippen LogP contribution in [-0.2, 0) is 9.53 Å². The molecule has 23 heavy (non-hydrogen) atoms. The van der Waals surface area contributed by atoms with Gasteiger partial charge in [-0.1, -0.05) is 19.4 Å². The number of piperidine rings is 1. The van der Waals surface area contributed by atoms with Gasteiger partial charge in [0.05, 0.1) is 18.2 Å². The summed E-state index contributed by atoms with van der Waals surface area (Å²) < 4.78 is 6.15. The van der Waals surface area contributed by atoms with Crippen LogP contribution in [0.3, 0.4) is 0 Å². The van der Waals surface area contributed by atoms with Crippen molar-refractivity contribution in [2.45, 2.75) is 57.1 Å². The highest BCUT2D eigenvalue weighted by molar-refractivity contribution is 5.76. The normalized spacial score (nSPS) is 23.2. The number of likely N-dealkylation sites (tertiary alicyclic amines) is 1. The summed E-state index contributed by atoms with van der Waals surface area (Å²) in [6.45, 7) is 4.51. The summed E-state index contributed by atoms with van der Waals surface area (Å²) in [6.07, 6.45) is 7.46. The summed E-state index contributed by atoms with van der Waals surface area (Å²) in [5.41, 5.74) is -0.0476. The van der Waals surface area contributed by atoms with Crippen LogP contribution in [0.2, 0.25) is 0 Å². The maximum atomic E-state index is 12.1. The predicted octanol–water partition coefficient (Wildman–Crippen LogP) is 2.83. The average Bonchev–Trinajstić information content (AvgIpc) is 2.96. The molecule has 5 nitrogen and oxygen atoms in total. The molecule has 3 rings (SSSR count). The van der Waals surface area contributed by atoms with E-state index in [9.17, 15) is 4.79 Å². The van der Waals surface area contributed by atoms with Crippen molar-refractivity contribution in [3.8, 4) is 0 Å². The zero-order chi connectivity index (χ0) is 16.1. The lowest BCUT2D eigenvalue weighted by Gasteiger charge is -2.38. The number of hydrogen-bond acceptors (Lipinski definition) is 4. The highest BCUT2D eigenvalue weighted by Gasteiger charge is 2.43. The molecule has 2 aliphatic heterocycles. The second-order valence-electron chi connectivity index (χ2n) is 6.74. The topological polar surface area (TPSA) is 54.5 Å². The van der Waals surface area contributed by atoms with Gasteiger partial charge in [-0.2, -0.15) is 0 Å².